The molecule has 0 spiro atoms. The molecule has 1 amide bonds. The molecule has 6 nitrogen and oxygen atoms in total. The lowest BCUT2D eigenvalue weighted by Crippen LogP contribution is -2.28. The van der Waals surface area contributed by atoms with Crippen LogP contribution in [0.25, 0.3) is 0 Å². The van der Waals surface area contributed by atoms with Crippen LogP contribution in [-0.4, -0.2) is 29.2 Å². The highest BCUT2D eigenvalue weighted by atomic mass is 16.4. The number of carbonyl (C=O) groups excluding carboxylic acids is 1. The minimum atomic E-state index is -0.307. The summed E-state index contributed by atoms with van der Waals surface area (Å²) in [6.07, 6.45) is 5.43. The summed E-state index contributed by atoms with van der Waals surface area (Å²) >= 11 is 0. The van der Waals surface area contributed by atoms with Crippen molar-refractivity contribution < 1.29 is 9.21 Å². The zero-order valence-electron chi connectivity index (χ0n) is 14.1. The molecule has 2 aromatic rings. The van der Waals surface area contributed by atoms with Crippen molar-refractivity contribution in [2.24, 2.45) is 0 Å². The topological polar surface area (TPSA) is 71.3 Å². The van der Waals surface area contributed by atoms with E-state index >= 15 is 0 Å². The minimum absolute atomic E-state index is 0.106. The van der Waals surface area contributed by atoms with Crippen LogP contribution in [0.5, 0.6) is 0 Å². The fourth-order valence-electron chi connectivity index (χ4n) is 3.05. The predicted molar refractivity (Wildman–Crippen MR) is 91.7 cm³/mol. The number of benzene rings is 1. The van der Waals surface area contributed by atoms with E-state index in [-0.39, 0.29) is 11.9 Å². The molecule has 1 saturated heterocycles. The lowest BCUT2D eigenvalue weighted by molar-refractivity contribution is -0.119. The maximum absolute atomic E-state index is 11.6. The van der Waals surface area contributed by atoms with Crippen LogP contribution < -0.4 is 10.2 Å². The summed E-state index contributed by atoms with van der Waals surface area (Å²) in [6, 6.07) is 10.3. The molecule has 1 aromatic heterocycles. The molecule has 1 atom stereocenters. The van der Waals surface area contributed by atoms with Crippen LogP contribution in [-0.2, 0) is 11.2 Å². The number of hydrogen-bond donors (Lipinski definition) is 1. The van der Waals surface area contributed by atoms with Gasteiger partial charge in [0.1, 0.15) is 6.04 Å². The minimum Gasteiger partial charge on any atom is -0.406 e. The Kier molecular flexibility index (Phi) is 5.46. The van der Waals surface area contributed by atoms with Crippen molar-refractivity contribution in [3.63, 3.8) is 0 Å². The third-order valence-electron chi connectivity index (χ3n) is 4.26. The number of rotatable bonds is 5. The van der Waals surface area contributed by atoms with Crippen LogP contribution in [0.1, 0.15) is 50.1 Å². The van der Waals surface area contributed by atoms with Crippen LogP contribution in [0.3, 0.4) is 0 Å². The van der Waals surface area contributed by atoms with Gasteiger partial charge in [-0.1, -0.05) is 48.3 Å². The molecule has 24 heavy (non-hydrogen) atoms. The first kappa shape index (κ1) is 16.5. The molecule has 0 saturated carbocycles. The van der Waals surface area contributed by atoms with Gasteiger partial charge in [-0.3, -0.25) is 4.79 Å². The second-order valence-electron chi connectivity index (χ2n) is 6.27. The van der Waals surface area contributed by atoms with Crippen LogP contribution in [0.2, 0.25) is 0 Å². The maximum atomic E-state index is 11.6. The fourth-order valence-corrected chi connectivity index (χ4v) is 3.05. The molecule has 6 heteroatoms. The second-order valence-corrected chi connectivity index (χ2v) is 6.27. The van der Waals surface area contributed by atoms with Crippen molar-refractivity contribution in [1.29, 1.82) is 0 Å². The van der Waals surface area contributed by atoms with Gasteiger partial charge < -0.3 is 14.6 Å². The summed E-state index contributed by atoms with van der Waals surface area (Å²) in [7, 11) is 0. The Morgan fingerprint density at radius 3 is 2.54 bits per heavy atom. The van der Waals surface area contributed by atoms with E-state index in [1.807, 2.05) is 30.3 Å². The molecule has 1 aliphatic rings. The summed E-state index contributed by atoms with van der Waals surface area (Å²) in [5.41, 5.74) is 1.12. The Labute approximate surface area is 142 Å². The highest BCUT2D eigenvalue weighted by molar-refractivity contribution is 5.73. The monoisotopic (exact) mass is 328 g/mol. The number of hydrogen-bond acceptors (Lipinski definition) is 5. The number of nitrogens with one attached hydrogen (secondary N) is 1. The Balaban J connectivity index is 1.76. The number of nitrogens with zero attached hydrogens (tertiary/aromatic N) is 3. The van der Waals surface area contributed by atoms with Crippen LogP contribution in [0.4, 0.5) is 6.01 Å². The summed E-state index contributed by atoms with van der Waals surface area (Å²) in [6.45, 7) is 3.40. The molecule has 1 fully saturated rings. The summed E-state index contributed by atoms with van der Waals surface area (Å²) in [4.78, 5) is 13.7. The third-order valence-corrected chi connectivity index (χ3v) is 4.26. The Hall–Kier alpha value is -2.37. The van der Waals surface area contributed by atoms with Gasteiger partial charge in [-0.15, -0.1) is 5.10 Å². The predicted octanol–water partition coefficient (Wildman–Crippen LogP) is 2.87. The summed E-state index contributed by atoms with van der Waals surface area (Å²) in [5.74, 6) is 0.360. The largest absolute Gasteiger partial charge is 0.406 e. The average molecular weight is 328 g/mol. The van der Waals surface area contributed by atoms with Crippen molar-refractivity contribution in [2.75, 3.05) is 18.0 Å². The van der Waals surface area contributed by atoms with Crippen molar-refractivity contribution in [1.82, 2.24) is 15.5 Å². The standard InChI is InChI=1S/C18H24N4O2/c1-14(23)19-16(13-15-9-5-4-6-10-15)17-20-21-18(24-17)22-11-7-2-3-8-12-22/h4-6,9-10,16H,2-3,7-8,11-13H2,1H3,(H,19,23)/t16-/m0/s1. The van der Waals surface area contributed by atoms with E-state index in [0.29, 0.717) is 18.3 Å². The fraction of sp³-hybridized carbons (Fsp3) is 0.500. The molecule has 0 aliphatic carbocycles. The van der Waals surface area contributed by atoms with Crippen molar-refractivity contribution in [2.45, 2.75) is 45.1 Å². The van der Waals surface area contributed by atoms with Gasteiger partial charge in [0.25, 0.3) is 0 Å². The molecule has 1 aromatic carbocycles. The first-order valence-corrected chi connectivity index (χ1v) is 8.62. The van der Waals surface area contributed by atoms with E-state index in [1.165, 1.54) is 19.8 Å². The van der Waals surface area contributed by atoms with Gasteiger partial charge in [-0.05, 0) is 18.4 Å². The Morgan fingerprint density at radius 2 is 1.88 bits per heavy atom. The molecular weight excluding hydrogens is 304 g/mol. The molecule has 0 unspecified atom stereocenters. The van der Waals surface area contributed by atoms with Crippen LogP contribution >= 0.6 is 0 Å². The maximum Gasteiger partial charge on any atom is 0.318 e. The quantitative estimate of drug-likeness (QED) is 0.914. The SMILES string of the molecule is CC(=O)N[C@@H](Cc1ccccc1)c1nnc(N2CCCCCC2)o1. The second kappa shape index (κ2) is 7.95. The van der Waals surface area contributed by atoms with Crippen molar-refractivity contribution in [3.8, 4) is 0 Å². The number of carbonyl (C=O) groups is 1. The molecule has 0 radical (unpaired) electrons. The molecule has 1 N–H and O–H groups in total. The van der Waals surface area contributed by atoms with Gasteiger partial charge in [0.15, 0.2) is 0 Å². The Bertz CT molecular complexity index is 648. The summed E-state index contributed by atoms with van der Waals surface area (Å²) < 4.78 is 5.90. The van der Waals surface area contributed by atoms with Gasteiger partial charge in [-0.25, -0.2) is 0 Å². The smallest absolute Gasteiger partial charge is 0.318 e. The van der Waals surface area contributed by atoms with E-state index in [9.17, 15) is 4.79 Å². The normalized spacial score (nSPS) is 16.5. The highest BCUT2D eigenvalue weighted by Crippen LogP contribution is 2.23. The molecule has 3 rings (SSSR count). The van der Waals surface area contributed by atoms with Crippen LogP contribution in [0.15, 0.2) is 34.7 Å². The van der Waals surface area contributed by atoms with Gasteiger partial charge in [0.2, 0.25) is 11.8 Å². The van der Waals surface area contributed by atoms with Gasteiger partial charge in [-0.2, -0.15) is 0 Å². The zero-order valence-corrected chi connectivity index (χ0v) is 14.1. The number of amides is 1. The number of aromatic nitrogens is 2. The summed E-state index contributed by atoms with van der Waals surface area (Å²) in [5, 5.41) is 11.3. The molecule has 128 valence electrons. The van der Waals surface area contributed by atoms with E-state index in [1.54, 1.807) is 0 Å². The first-order chi connectivity index (χ1) is 11.7. The van der Waals surface area contributed by atoms with Gasteiger partial charge in [0, 0.05) is 26.4 Å². The third kappa shape index (κ3) is 4.34. The molecule has 1 aliphatic heterocycles. The van der Waals surface area contributed by atoms with E-state index in [2.05, 4.69) is 20.4 Å². The van der Waals surface area contributed by atoms with Crippen LogP contribution in [0, 0.1) is 0 Å². The van der Waals surface area contributed by atoms with Gasteiger partial charge >= 0.3 is 6.01 Å². The van der Waals surface area contributed by atoms with Crippen molar-refractivity contribution in [3.05, 3.63) is 41.8 Å². The van der Waals surface area contributed by atoms with E-state index < -0.39 is 0 Å². The van der Waals surface area contributed by atoms with Crippen molar-refractivity contribution >= 4 is 11.9 Å². The van der Waals surface area contributed by atoms with Gasteiger partial charge in [0.05, 0.1) is 0 Å². The molecular formula is C18H24N4O2. The van der Waals surface area contributed by atoms with E-state index in [0.717, 1.165) is 31.5 Å². The highest BCUT2D eigenvalue weighted by Gasteiger charge is 2.23. The molecule has 2 heterocycles. The molecule has 0 bridgehead atoms. The van der Waals surface area contributed by atoms with E-state index in [4.69, 9.17) is 4.42 Å². The Morgan fingerprint density at radius 1 is 1.17 bits per heavy atom. The first-order valence-electron chi connectivity index (χ1n) is 8.62. The number of anilines is 1. The average Bonchev–Trinajstić information content (AvgIpc) is 2.91. The lowest BCUT2D eigenvalue weighted by atomic mass is 10.1. The zero-order chi connectivity index (χ0) is 16.8. The lowest BCUT2D eigenvalue weighted by Gasteiger charge is -2.17.